The molecule has 3 aliphatic rings. The molecule has 1 N–H and O–H groups in total. The second-order valence-corrected chi connectivity index (χ2v) is 10.4. The molecule has 3 saturated heterocycles. The van der Waals surface area contributed by atoms with Crippen LogP contribution in [0.4, 0.5) is 0 Å². The summed E-state index contributed by atoms with van der Waals surface area (Å²) in [5.74, 6) is 1.10. The summed E-state index contributed by atoms with van der Waals surface area (Å²) in [6.45, 7) is 4.53. The molecule has 0 spiro atoms. The summed E-state index contributed by atoms with van der Waals surface area (Å²) in [7, 11) is -3.20. The Labute approximate surface area is 166 Å². The van der Waals surface area contributed by atoms with E-state index in [4.69, 9.17) is 0 Å². The number of nitrogens with zero attached hydrogens (tertiary/aromatic N) is 4. The smallest absolute Gasteiger partial charge is 0.254 e. The number of rotatable bonds is 4. The topological polar surface area (TPSA) is 95.5 Å². The molecule has 1 amide bonds. The fourth-order valence-corrected chi connectivity index (χ4v) is 6.15. The highest BCUT2D eigenvalue weighted by atomic mass is 32.2. The van der Waals surface area contributed by atoms with Crippen LogP contribution in [0.15, 0.2) is 12.4 Å². The van der Waals surface area contributed by atoms with Gasteiger partial charge in [0.15, 0.2) is 0 Å². The Bertz CT molecular complexity index is 828. The van der Waals surface area contributed by atoms with Crippen molar-refractivity contribution in [3.05, 3.63) is 23.8 Å². The van der Waals surface area contributed by atoms with E-state index >= 15 is 0 Å². The van der Waals surface area contributed by atoms with Crippen molar-refractivity contribution < 1.29 is 13.2 Å². The zero-order valence-corrected chi connectivity index (χ0v) is 17.4. The van der Waals surface area contributed by atoms with E-state index in [1.165, 1.54) is 19.1 Å². The van der Waals surface area contributed by atoms with Gasteiger partial charge in [-0.15, -0.1) is 0 Å². The second kappa shape index (κ2) is 7.68. The monoisotopic (exact) mass is 407 g/mol. The molecule has 4 atom stereocenters. The number of piperidine rings is 3. The molecule has 0 radical (unpaired) electrons. The summed E-state index contributed by atoms with van der Waals surface area (Å²) in [4.78, 5) is 23.3. The van der Waals surface area contributed by atoms with Crippen LogP contribution in [0, 0.1) is 18.8 Å². The van der Waals surface area contributed by atoms with Crippen molar-refractivity contribution in [1.29, 1.82) is 0 Å². The van der Waals surface area contributed by atoms with Gasteiger partial charge in [0.05, 0.1) is 11.8 Å². The lowest BCUT2D eigenvalue weighted by atomic mass is 9.73. The Kier molecular flexibility index (Phi) is 5.41. The highest BCUT2D eigenvalue weighted by Crippen LogP contribution is 2.41. The minimum atomic E-state index is -3.20. The van der Waals surface area contributed by atoms with Gasteiger partial charge in [-0.3, -0.25) is 9.69 Å². The van der Waals surface area contributed by atoms with Crippen LogP contribution in [-0.2, 0) is 10.0 Å². The SMILES string of the molecule is Cc1ncc(C(=O)NC[C@H]2[C@H]3C[C@H](CN(S(C)(=O)=O)C3)[C@@H]3CCCCN32)cn1. The zero-order valence-electron chi connectivity index (χ0n) is 16.5. The van der Waals surface area contributed by atoms with E-state index in [1.807, 2.05) is 0 Å². The third-order valence-electron chi connectivity index (χ3n) is 6.57. The Balaban J connectivity index is 1.50. The van der Waals surface area contributed by atoms with Gasteiger partial charge in [0.25, 0.3) is 5.91 Å². The van der Waals surface area contributed by atoms with E-state index in [1.54, 1.807) is 23.6 Å². The first-order valence-electron chi connectivity index (χ1n) is 10.1. The van der Waals surface area contributed by atoms with E-state index in [9.17, 15) is 13.2 Å². The summed E-state index contributed by atoms with van der Waals surface area (Å²) in [5.41, 5.74) is 0.455. The number of carbonyl (C=O) groups excluding carboxylic acids is 1. The molecule has 3 aliphatic heterocycles. The maximum absolute atomic E-state index is 12.5. The van der Waals surface area contributed by atoms with Crippen LogP contribution in [0.5, 0.6) is 0 Å². The molecule has 0 unspecified atom stereocenters. The number of hydrogen-bond donors (Lipinski definition) is 1. The number of nitrogens with one attached hydrogen (secondary N) is 1. The zero-order chi connectivity index (χ0) is 19.9. The van der Waals surface area contributed by atoms with Crippen LogP contribution in [0.1, 0.15) is 41.9 Å². The number of fused-ring (bicyclic) bond motifs is 4. The van der Waals surface area contributed by atoms with Crippen molar-refractivity contribution >= 4 is 15.9 Å². The lowest BCUT2D eigenvalue weighted by Crippen LogP contribution is -2.66. The summed E-state index contributed by atoms with van der Waals surface area (Å²) < 4.78 is 26.0. The quantitative estimate of drug-likeness (QED) is 0.787. The van der Waals surface area contributed by atoms with Crippen LogP contribution in [0.2, 0.25) is 0 Å². The molecule has 0 saturated carbocycles. The van der Waals surface area contributed by atoms with E-state index in [0.717, 1.165) is 19.4 Å². The van der Waals surface area contributed by atoms with Gasteiger partial charge in [0.1, 0.15) is 5.82 Å². The molecular weight excluding hydrogens is 378 g/mol. The standard InChI is InChI=1S/C19H29N5O3S/c1-13-20-8-16(9-21-13)19(25)22-10-18-15-7-14(11-23(12-15)28(2,26)27)17-5-3-4-6-24(17)18/h8-9,14-15,17-18H,3-7,10-12H2,1-2H3,(H,22,25)/t14-,15+,17+,18+/m1/s1. The van der Waals surface area contributed by atoms with Crippen LogP contribution in [-0.4, -0.2) is 78.0 Å². The van der Waals surface area contributed by atoms with Crippen LogP contribution in [0.3, 0.4) is 0 Å². The highest BCUT2D eigenvalue weighted by molar-refractivity contribution is 7.88. The fourth-order valence-electron chi connectivity index (χ4n) is 5.23. The fraction of sp³-hybridized carbons (Fsp3) is 0.737. The Morgan fingerprint density at radius 3 is 2.64 bits per heavy atom. The van der Waals surface area contributed by atoms with Gasteiger partial charge in [0, 0.05) is 44.1 Å². The summed E-state index contributed by atoms with van der Waals surface area (Å²) in [6.07, 6.45) is 8.92. The van der Waals surface area contributed by atoms with E-state index in [0.29, 0.717) is 43.0 Å². The van der Waals surface area contributed by atoms with Gasteiger partial charge in [-0.05, 0) is 44.6 Å². The highest BCUT2D eigenvalue weighted by Gasteiger charge is 2.48. The molecule has 9 heteroatoms. The first kappa shape index (κ1) is 19.7. The number of hydrogen-bond acceptors (Lipinski definition) is 6. The molecule has 4 heterocycles. The normalized spacial score (nSPS) is 31.2. The minimum absolute atomic E-state index is 0.168. The van der Waals surface area contributed by atoms with Crippen molar-refractivity contribution in [3.8, 4) is 0 Å². The lowest BCUT2D eigenvalue weighted by Gasteiger charge is -2.56. The molecule has 2 bridgehead atoms. The molecular formula is C19H29N5O3S. The molecule has 0 aliphatic carbocycles. The largest absolute Gasteiger partial charge is 0.350 e. The molecule has 1 aromatic rings. The summed E-state index contributed by atoms with van der Waals surface area (Å²) >= 11 is 0. The molecule has 28 heavy (non-hydrogen) atoms. The first-order valence-corrected chi connectivity index (χ1v) is 12.0. The number of carbonyl (C=O) groups is 1. The minimum Gasteiger partial charge on any atom is -0.350 e. The van der Waals surface area contributed by atoms with E-state index in [-0.39, 0.29) is 17.9 Å². The van der Waals surface area contributed by atoms with Crippen molar-refractivity contribution in [2.45, 2.75) is 44.7 Å². The number of aromatic nitrogens is 2. The average molecular weight is 408 g/mol. The predicted molar refractivity (Wildman–Crippen MR) is 105 cm³/mol. The number of sulfonamides is 1. The second-order valence-electron chi connectivity index (χ2n) is 8.43. The molecule has 1 aromatic heterocycles. The van der Waals surface area contributed by atoms with Crippen LogP contribution >= 0.6 is 0 Å². The predicted octanol–water partition coefficient (Wildman–Crippen LogP) is 0.649. The van der Waals surface area contributed by atoms with Gasteiger partial charge < -0.3 is 5.32 Å². The van der Waals surface area contributed by atoms with E-state index in [2.05, 4.69) is 20.2 Å². The average Bonchev–Trinajstić information content (AvgIpc) is 2.67. The molecule has 8 nitrogen and oxygen atoms in total. The van der Waals surface area contributed by atoms with Crippen molar-refractivity contribution in [2.75, 3.05) is 32.4 Å². The van der Waals surface area contributed by atoms with Gasteiger partial charge in [-0.2, -0.15) is 0 Å². The molecule has 4 rings (SSSR count). The maximum Gasteiger partial charge on any atom is 0.254 e. The van der Waals surface area contributed by atoms with Gasteiger partial charge >= 0.3 is 0 Å². The molecule has 3 fully saturated rings. The Morgan fingerprint density at radius 1 is 1.21 bits per heavy atom. The van der Waals surface area contributed by atoms with Gasteiger partial charge in [-0.25, -0.2) is 22.7 Å². The maximum atomic E-state index is 12.5. The molecule has 0 aromatic carbocycles. The van der Waals surface area contributed by atoms with Crippen LogP contribution < -0.4 is 5.32 Å². The van der Waals surface area contributed by atoms with E-state index < -0.39 is 10.0 Å². The molecule has 154 valence electrons. The Hall–Kier alpha value is -1.58. The Morgan fingerprint density at radius 2 is 1.93 bits per heavy atom. The van der Waals surface area contributed by atoms with Crippen molar-refractivity contribution in [2.24, 2.45) is 11.8 Å². The third kappa shape index (κ3) is 3.92. The van der Waals surface area contributed by atoms with Gasteiger partial charge in [0.2, 0.25) is 10.0 Å². The van der Waals surface area contributed by atoms with Crippen LogP contribution in [0.25, 0.3) is 0 Å². The summed E-state index contributed by atoms with van der Waals surface area (Å²) in [6, 6.07) is 0.584. The van der Waals surface area contributed by atoms with Crippen molar-refractivity contribution in [1.82, 2.24) is 24.5 Å². The lowest BCUT2D eigenvalue weighted by molar-refractivity contribution is -0.0537. The first-order chi connectivity index (χ1) is 13.3. The van der Waals surface area contributed by atoms with Gasteiger partial charge in [-0.1, -0.05) is 6.42 Å². The number of amides is 1. The summed E-state index contributed by atoms with van der Waals surface area (Å²) in [5, 5.41) is 3.05. The number of aryl methyl sites for hydroxylation is 1. The van der Waals surface area contributed by atoms with Crippen molar-refractivity contribution in [3.63, 3.8) is 0 Å². The third-order valence-corrected chi connectivity index (χ3v) is 7.81.